The van der Waals surface area contributed by atoms with Gasteiger partial charge in [0.1, 0.15) is 6.54 Å². The van der Waals surface area contributed by atoms with Crippen LogP contribution in [-0.2, 0) is 12.1 Å². The van der Waals surface area contributed by atoms with Crippen molar-refractivity contribution < 1.29 is 14.9 Å². The molecule has 1 aliphatic carbocycles. The summed E-state index contributed by atoms with van der Waals surface area (Å²) in [5.41, 5.74) is 1.61. The van der Waals surface area contributed by atoms with Crippen LogP contribution in [0.3, 0.4) is 0 Å². The minimum absolute atomic E-state index is 0.129. The van der Waals surface area contributed by atoms with Crippen LogP contribution in [0.5, 0.6) is 0 Å². The van der Waals surface area contributed by atoms with Gasteiger partial charge in [-0.15, -0.1) is 0 Å². The van der Waals surface area contributed by atoms with E-state index in [1.807, 2.05) is 78.1 Å². The number of rotatable bonds is 4. The summed E-state index contributed by atoms with van der Waals surface area (Å²) < 4.78 is 0. The number of carbonyl (C=O) groups excluding carboxylic acids is 2. The van der Waals surface area contributed by atoms with E-state index in [1.54, 1.807) is 12.1 Å². The molecule has 0 aliphatic heterocycles. The summed E-state index contributed by atoms with van der Waals surface area (Å²) in [5, 5.41) is 1.88. The van der Waals surface area contributed by atoms with Gasteiger partial charge in [0, 0.05) is 22.3 Å². The Morgan fingerprint density at radius 2 is 1.12 bits per heavy atom. The molecule has 122 valence electrons. The van der Waals surface area contributed by atoms with Crippen molar-refractivity contribution in [3.8, 4) is 0 Å². The number of ketones is 2. The van der Waals surface area contributed by atoms with E-state index >= 15 is 0 Å². The smallest absolute Gasteiger partial charge is 0.249 e. The van der Waals surface area contributed by atoms with E-state index < -0.39 is 5.54 Å². The zero-order valence-electron chi connectivity index (χ0n) is 13.7. The molecule has 0 saturated heterocycles. The van der Waals surface area contributed by atoms with Gasteiger partial charge in [-0.2, -0.15) is 0 Å². The molecule has 0 unspecified atom stereocenters. The number of fused-ring (bicyclic) bond motifs is 1. The lowest BCUT2D eigenvalue weighted by molar-refractivity contribution is -0.718. The van der Waals surface area contributed by atoms with Crippen molar-refractivity contribution >= 4 is 11.6 Å². The number of benzene rings is 3. The van der Waals surface area contributed by atoms with E-state index in [4.69, 9.17) is 0 Å². The summed E-state index contributed by atoms with van der Waals surface area (Å²) in [6, 6.07) is 26.4. The quantitative estimate of drug-likeness (QED) is 0.749. The van der Waals surface area contributed by atoms with E-state index in [2.05, 4.69) is 0 Å². The van der Waals surface area contributed by atoms with Crippen molar-refractivity contribution in [1.29, 1.82) is 0 Å². The minimum atomic E-state index is -1.24. The number of nitrogens with two attached hydrogens (primary N) is 1. The zero-order chi connectivity index (χ0) is 17.3. The third-order valence-electron chi connectivity index (χ3n) is 4.85. The lowest BCUT2D eigenvalue weighted by atomic mass is 9.84. The normalized spacial score (nSPS) is 15.2. The van der Waals surface area contributed by atoms with Gasteiger partial charge in [-0.3, -0.25) is 9.59 Å². The lowest BCUT2D eigenvalue weighted by Gasteiger charge is -2.24. The first-order valence-corrected chi connectivity index (χ1v) is 8.36. The Morgan fingerprint density at radius 1 is 0.640 bits per heavy atom. The molecule has 0 saturated carbocycles. The van der Waals surface area contributed by atoms with E-state index in [9.17, 15) is 9.59 Å². The lowest BCUT2D eigenvalue weighted by Crippen LogP contribution is -2.97. The van der Waals surface area contributed by atoms with Gasteiger partial charge in [0.25, 0.3) is 0 Å². The molecule has 0 bridgehead atoms. The molecule has 25 heavy (non-hydrogen) atoms. The molecular weight excluding hydrogens is 310 g/mol. The standard InChI is InChI=1S/C22H17NO2/c24-20-18-13-7-8-14-19(18)21(25)22(20,17-11-5-2-6-12-17)23-15-16-9-3-1-4-10-16/h1-14,23H,15H2/p+1. The Balaban J connectivity index is 1.81. The fourth-order valence-corrected chi connectivity index (χ4v) is 3.56. The van der Waals surface area contributed by atoms with Crippen molar-refractivity contribution in [3.63, 3.8) is 0 Å². The molecule has 3 aromatic rings. The van der Waals surface area contributed by atoms with Crippen LogP contribution < -0.4 is 5.32 Å². The molecule has 3 heteroatoms. The van der Waals surface area contributed by atoms with Gasteiger partial charge in [0.05, 0.1) is 0 Å². The van der Waals surface area contributed by atoms with Crippen molar-refractivity contribution in [2.75, 3.05) is 0 Å². The van der Waals surface area contributed by atoms with Gasteiger partial charge in [0.2, 0.25) is 17.1 Å². The van der Waals surface area contributed by atoms with Crippen molar-refractivity contribution in [2.24, 2.45) is 0 Å². The average Bonchev–Trinajstić information content (AvgIpc) is 2.90. The third-order valence-corrected chi connectivity index (χ3v) is 4.85. The Morgan fingerprint density at radius 3 is 1.68 bits per heavy atom. The summed E-state index contributed by atoms with van der Waals surface area (Å²) in [7, 11) is 0. The van der Waals surface area contributed by atoms with E-state index in [1.165, 1.54) is 0 Å². The van der Waals surface area contributed by atoms with Crippen LogP contribution in [0.15, 0.2) is 84.9 Å². The highest BCUT2D eigenvalue weighted by atomic mass is 16.2. The van der Waals surface area contributed by atoms with Crippen LogP contribution >= 0.6 is 0 Å². The fourth-order valence-electron chi connectivity index (χ4n) is 3.56. The Bertz CT molecular complexity index is 898. The molecule has 0 spiro atoms. The van der Waals surface area contributed by atoms with Crippen LogP contribution in [-0.4, -0.2) is 11.6 Å². The van der Waals surface area contributed by atoms with Gasteiger partial charge in [0.15, 0.2) is 0 Å². The molecule has 0 heterocycles. The van der Waals surface area contributed by atoms with Gasteiger partial charge < -0.3 is 5.32 Å². The molecule has 1 aliphatic rings. The largest absolute Gasteiger partial charge is 0.321 e. The van der Waals surface area contributed by atoms with Crippen LogP contribution in [0, 0.1) is 0 Å². The van der Waals surface area contributed by atoms with Crippen LogP contribution in [0.25, 0.3) is 0 Å². The van der Waals surface area contributed by atoms with Crippen LogP contribution in [0.4, 0.5) is 0 Å². The molecule has 3 nitrogen and oxygen atoms in total. The Kier molecular flexibility index (Phi) is 3.79. The summed E-state index contributed by atoms with van der Waals surface area (Å²) in [4.78, 5) is 26.6. The predicted molar refractivity (Wildman–Crippen MR) is 95.3 cm³/mol. The first-order valence-electron chi connectivity index (χ1n) is 8.36. The molecule has 3 aromatic carbocycles. The Labute approximate surface area is 146 Å². The van der Waals surface area contributed by atoms with Crippen molar-refractivity contribution in [1.82, 2.24) is 0 Å². The summed E-state index contributed by atoms with van der Waals surface area (Å²) in [6.07, 6.45) is 0. The highest BCUT2D eigenvalue weighted by Crippen LogP contribution is 2.34. The third kappa shape index (κ3) is 2.41. The van der Waals surface area contributed by atoms with Crippen molar-refractivity contribution in [2.45, 2.75) is 12.1 Å². The minimum Gasteiger partial charge on any atom is -0.321 e. The van der Waals surface area contributed by atoms with Gasteiger partial charge >= 0.3 is 0 Å². The number of carbonyl (C=O) groups is 2. The Hall–Kier alpha value is -3.04. The summed E-state index contributed by atoms with van der Waals surface area (Å²) in [5.74, 6) is -0.259. The second kappa shape index (κ2) is 6.11. The number of hydrogen-bond donors (Lipinski definition) is 1. The summed E-state index contributed by atoms with van der Waals surface area (Å²) >= 11 is 0. The molecule has 0 amide bonds. The second-order valence-electron chi connectivity index (χ2n) is 6.27. The zero-order valence-corrected chi connectivity index (χ0v) is 13.7. The van der Waals surface area contributed by atoms with Gasteiger partial charge in [-0.05, 0) is 0 Å². The summed E-state index contributed by atoms with van der Waals surface area (Å²) in [6.45, 7) is 0.557. The average molecular weight is 328 g/mol. The topological polar surface area (TPSA) is 50.8 Å². The molecule has 0 radical (unpaired) electrons. The first-order chi connectivity index (χ1) is 12.2. The molecule has 2 N–H and O–H groups in total. The monoisotopic (exact) mass is 328 g/mol. The fraction of sp³-hybridized carbons (Fsp3) is 0.0909. The first kappa shape index (κ1) is 15.5. The highest BCUT2D eigenvalue weighted by Gasteiger charge is 2.57. The van der Waals surface area contributed by atoms with Gasteiger partial charge in [-0.25, -0.2) is 0 Å². The maximum Gasteiger partial charge on any atom is 0.249 e. The van der Waals surface area contributed by atoms with Gasteiger partial charge in [-0.1, -0.05) is 84.9 Å². The van der Waals surface area contributed by atoms with E-state index in [0.29, 0.717) is 17.7 Å². The second-order valence-corrected chi connectivity index (χ2v) is 6.27. The number of hydrogen-bond acceptors (Lipinski definition) is 2. The molecule has 0 atom stereocenters. The van der Waals surface area contributed by atoms with E-state index in [0.717, 1.165) is 11.1 Å². The maximum absolute atomic E-state index is 13.3. The van der Waals surface area contributed by atoms with Crippen LogP contribution in [0.2, 0.25) is 0 Å². The number of quaternary nitrogens is 1. The predicted octanol–water partition coefficient (Wildman–Crippen LogP) is 2.72. The molecular formula is C22H18NO2+. The molecule has 0 fully saturated rings. The molecule has 0 aromatic heterocycles. The van der Waals surface area contributed by atoms with Crippen molar-refractivity contribution in [3.05, 3.63) is 107 Å². The van der Waals surface area contributed by atoms with Crippen LogP contribution in [0.1, 0.15) is 31.8 Å². The highest BCUT2D eigenvalue weighted by molar-refractivity contribution is 6.31. The number of Topliss-reactive ketones (excluding diaryl/α,β-unsaturated/α-hetero) is 2. The SMILES string of the molecule is O=C1c2ccccc2C(=O)C1([NH2+]Cc1ccccc1)c1ccccc1. The van der Waals surface area contributed by atoms with E-state index in [-0.39, 0.29) is 11.6 Å². The molecule has 4 rings (SSSR count). The maximum atomic E-state index is 13.3.